The zero-order valence-corrected chi connectivity index (χ0v) is 13.4. The number of para-hydroxylation sites is 1. The number of carboxylic acids is 1. The fraction of sp³-hybridized carbons (Fsp3) is 0.278. The quantitative estimate of drug-likeness (QED) is 0.574. The molecule has 2 rings (SSSR count). The Kier molecular flexibility index (Phi) is 6.03. The molecule has 0 saturated carbocycles. The van der Waals surface area contributed by atoms with Crippen LogP contribution in [0.5, 0.6) is 0 Å². The Morgan fingerprint density at radius 3 is 2.38 bits per heavy atom. The third kappa shape index (κ3) is 4.89. The van der Waals surface area contributed by atoms with Crippen molar-refractivity contribution in [2.75, 3.05) is 0 Å². The van der Waals surface area contributed by atoms with Crippen molar-refractivity contribution < 1.29 is 14.8 Å². The van der Waals surface area contributed by atoms with Gasteiger partial charge in [0.1, 0.15) is 6.04 Å². The average Bonchev–Trinajstić information content (AvgIpc) is 2.55. The topological polar surface area (TPSA) is 92.5 Å². The van der Waals surface area contributed by atoms with Gasteiger partial charge >= 0.3 is 5.97 Å². The first-order valence-electron chi connectivity index (χ1n) is 7.72. The highest BCUT2D eigenvalue weighted by Gasteiger charge is 2.22. The molecule has 0 spiro atoms. The summed E-state index contributed by atoms with van der Waals surface area (Å²) in [5.41, 5.74) is 1.57. The molecule has 6 heteroatoms. The van der Waals surface area contributed by atoms with Crippen LogP contribution in [-0.2, 0) is 17.6 Å². The van der Waals surface area contributed by atoms with Crippen LogP contribution in [0, 0.1) is 10.1 Å². The highest BCUT2D eigenvalue weighted by atomic mass is 16.6. The molecule has 24 heavy (non-hydrogen) atoms. The number of carboxylic acid groups (broad SMARTS) is 1. The van der Waals surface area contributed by atoms with Gasteiger partial charge in [0, 0.05) is 17.7 Å². The van der Waals surface area contributed by atoms with Crippen LogP contribution in [0.2, 0.25) is 0 Å². The number of aliphatic carboxylic acids is 1. The van der Waals surface area contributed by atoms with E-state index in [9.17, 15) is 20.0 Å². The number of carbonyl (C=O) groups is 1. The van der Waals surface area contributed by atoms with Gasteiger partial charge in [0.15, 0.2) is 0 Å². The van der Waals surface area contributed by atoms with Crippen molar-refractivity contribution in [3.8, 4) is 0 Å². The Bertz CT molecular complexity index is 703. The van der Waals surface area contributed by atoms with Gasteiger partial charge in [-0.25, -0.2) is 0 Å². The summed E-state index contributed by atoms with van der Waals surface area (Å²) in [5.74, 6) is -0.937. The molecule has 0 radical (unpaired) electrons. The zero-order chi connectivity index (χ0) is 17.5. The Morgan fingerprint density at radius 2 is 1.75 bits per heavy atom. The average molecular weight is 328 g/mol. The molecule has 2 aromatic carbocycles. The summed E-state index contributed by atoms with van der Waals surface area (Å²) < 4.78 is 0. The first-order chi connectivity index (χ1) is 11.5. The number of nitro groups is 1. The SMILES string of the molecule is CC(Cc1ccccc1[N+](=O)[O-])N[C@@H](Cc1ccccc1)C(=O)O. The molecule has 0 saturated heterocycles. The number of hydrogen-bond acceptors (Lipinski definition) is 4. The van der Waals surface area contributed by atoms with Gasteiger partial charge < -0.3 is 10.4 Å². The van der Waals surface area contributed by atoms with Gasteiger partial charge in [-0.15, -0.1) is 0 Å². The molecule has 2 atom stereocenters. The minimum Gasteiger partial charge on any atom is -0.480 e. The maximum Gasteiger partial charge on any atom is 0.321 e. The van der Waals surface area contributed by atoms with Crippen LogP contribution < -0.4 is 5.32 Å². The van der Waals surface area contributed by atoms with E-state index < -0.39 is 16.9 Å². The van der Waals surface area contributed by atoms with Crippen LogP contribution >= 0.6 is 0 Å². The third-order valence-corrected chi connectivity index (χ3v) is 3.78. The van der Waals surface area contributed by atoms with Gasteiger partial charge in [-0.05, 0) is 25.3 Å². The van der Waals surface area contributed by atoms with Crippen molar-refractivity contribution in [2.45, 2.75) is 31.8 Å². The van der Waals surface area contributed by atoms with Crippen molar-refractivity contribution in [2.24, 2.45) is 0 Å². The normalized spacial score (nSPS) is 13.2. The first-order valence-corrected chi connectivity index (χ1v) is 7.72. The van der Waals surface area contributed by atoms with Gasteiger partial charge in [-0.3, -0.25) is 14.9 Å². The monoisotopic (exact) mass is 328 g/mol. The van der Waals surface area contributed by atoms with Crippen molar-refractivity contribution >= 4 is 11.7 Å². The maximum atomic E-state index is 11.5. The molecule has 0 aromatic heterocycles. The maximum absolute atomic E-state index is 11.5. The lowest BCUT2D eigenvalue weighted by atomic mass is 10.0. The van der Waals surface area contributed by atoms with E-state index in [1.54, 1.807) is 18.2 Å². The molecule has 126 valence electrons. The van der Waals surface area contributed by atoms with Crippen LogP contribution in [0.3, 0.4) is 0 Å². The Balaban J connectivity index is 2.05. The van der Waals surface area contributed by atoms with E-state index in [-0.39, 0.29) is 11.7 Å². The molecule has 6 nitrogen and oxygen atoms in total. The molecule has 0 aliphatic carbocycles. The largest absolute Gasteiger partial charge is 0.480 e. The molecule has 2 aromatic rings. The Hall–Kier alpha value is -2.73. The summed E-state index contributed by atoms with van der Waals surface area (Å²) in [5, 5.41) is 23.5. The van der Waals surface area contributed by atoms with Gasteiger partial charge in [0.05, 0.1) is 4.92 Å². The fourth-order valence-electron chi connectivity index (χ4n) is 2.66. The predicted octanol–water partition coefficient (Wildman–Crippen LogP) is 2.81. The Labute approximate surface area is 140 Å². The van der Waals surface area contributed by atoms with Crippen LogP contribution in [0.1, 0.15) is 18.1 Å². The lowest BCUT2D eigenvalue weighted by Gasteiger charge is -2.20. The van der Waals surface area contributed by atoms with Gasteiger partial charge in [0.2, 0.25) is 0 Å². The van der Waals surface area contributed by atoms with Crippen LogP contribution in [0.15, 0.2) is 54.6 Å². The lowest BCUT2D eigenvalue weighted by molar-refractivity contribution is -0.385. The molecule has 1 unspecified atom stereocenters. The van der Waals surface area contributed by atoms with Crippen molar-refractivity contribution in [3.63, 3.8) is 0 Å². The Morgan fingerprint density at radius 1 is 1.12 bits per heavy atom. The molecule has 0 fully saturated rings. The van der Waals surface area contributed by atoms with Crippen molar-refractivity contribution in [3.05, 3.63) is 75.8 Å². The van der Waals surface area contributed by atoms with E-state index >= 15 is 0 Å². The molecule has 0 aliphatic heterocycles. The molecule has 0 amide bonds. The molecule has 0 heterocycles. The van der Waals surface area contributed by atoms with E-state index in [4.69, 9.17) is 0 Å². The first kappa shape index (κ1) is 17.6. The van der Waals surface area contributed by atoms with Crippen LogP contribution in [0.25, 0.3) is 0 Å². The summed E-state index contributed by atoms with van der Waals surface area (Å²) in [6.45, 7) is 1.83. The van der Waals surface area contributed by atoms with E-state index in [1.807, 2.05) is 37.3 Å². The highest BCUT2D eigenvalue weighted by Crippen LogP contribution is 2.19. The second-order valence-corrected chi connectivity index (χ2v) is 5.74. The van der Waals surface area contributed by atoms with Crippen LogP contribution in [0.4, 0.5) is 5.69 Å². The fourth-order valence-corrected chi connectivity index (χ4v) is 2.66. The van der Waals surface area contributed by atoms with E-state index in [0.29, 0.717) is 18.4 Å². The number of nitrogens with one attached hydrogen (secondary N) is 1. The summed E-state index contributed by atoms with van der Waals surface area (Å²) in [7, 11) is 0. The second kappa shape index (κ2) is 8.21. The van der Waals surface area contributed by atoms with Gasteiger partial charge in [-0.1, -0.05) is 48.5 Å². The van der Waals surface area contributed by atoms with Crippen molar-refractivity contribution in [1.29, 1.82) is 0 Å². The van der Waals surface area contributed by atoms with E-state index in [1.165, 1.54) is 6.07 Å². The standard InChI is InChI=1S/C18H20N2O4/c1-13(11-15-9-5-6-10-17(15)20(23)24)19-16(18(21)22)12-14-7-3-2-4-8-14/h2-10,13,16,19H,11-12H2,1H3,(H,21,22)/t13?,16-/m0/s1. The number of nitro benzene ring substituents is 1. The lowest BCUT2D eigenvalue weighted by Crippen LogP contribution is -2.44. The number of hydrogen-bond donors (Lipinski definition) is 2. The summed E-state index contributed by atoms with van der Waals surface area (Å²) in [6.07, 6.45) is 0.743. The summed E-state index contributed by atoms with van der Waals surface area (Å²) in [4.78, 5) is 22.1. The van der Waals surface area contributed by atoms with Crippen LogP contribution in [-0.4, -0.2) is 28.1 Å². The summed E-state index contributed by atoms with van der Waals surface area (Å²) >= 11 is 0. The van der Waals surface area contributed by atoms with Gasteiger partial charge in [0.25, 0.3) is 5.69 Å². The molecular formula is C18H20N2O4. The number of benzene rings is 2. The predicted molar refractivity (Wildman–Crippen MR) is 91.0 cm³/mol. The van der Waals surface area contributed by atoms with E-state index in [2.05, 4.69) is 5.32 Å². The number of nitrogens with zero attached hydrogens (tertiary/aromatic N) is 1. The van der Waals surface area contributed by atoms with E-state index in [0.717, 1.165) is 5.56 Å². The van der Waals surface area contributed by atoms with Gasteiger partial charge in [-0.2, -0.15) is 0 Å². The second-order valence-electron chi connectivity index (χ2n) is 5.74. The van der Waals surface area contributed by atoms with Crippen molar-refractivity contribution in [1.82, 2.24) is 5.32 Å². The minimum absolute atomic E-state index is 0.0566. The minimum atomic E-state index is -0.937. The third-order valence-electron chi connectivity index (χ3n) is 3.78. The smallest absolute Gasteiger partial charge is 0.321 e. The molecular weight excluding hydrogens is 308 g/mol. The molecule has 2 N–H and O–H groups in total. The zero-order valence-electron chi connectivity index (χ0n) is 13.4. The molecule has 0 aliphatic rings. The summed E-state index contributed by atoms with van der Waals surface area (Å²) in [6, 6.07) is 14.9. The highest BCUT2D eigenvalue weighted by molar-refractivity contribution is 5.74. The number of rotatable bonds is 8. The molecule has 0 bridgehead atoms.